The molecule has 2 atom stereocenters. The summed E-state index contributed by atoms with van der Waals surface area (Å²) < 4.78 is 27.7. The highest BCUT2D eigenvalue weighted by Gasteiger charge is 2.31. The standard InChI is InChI=1S/C38H45ClFN3O4/c39-33-17-13-27(22-31(33)35-30(37(41)44)16-18-34(36(35)40)47-24-29-10-7-21-46-29)32(25-8-3-1-4-9-25)23-42-28-14-11-26(12-15-28)38(45)43-19-5-2-6-20-43/h1,3-4,8-9,13,16-18,22,26,28-29,32,42H,2,5-7,10-12,14-15,19-21,23-24H2,(H2,41,44)/t26?,28?,29-,32?/m0/s1. The number of likely N-dealkylation sites (tertiary alicyclic amines) is 1. The normalized spacial score (nSPS) is 22.2. The van der Waals surface area contributed by atoms with Gasteiger partial charge in [0.2, 0.25) is 11.8 Å². The number of nitrogens with two attached hydrogens (primary N) is 1. The van der Waals surface area contributed by atoms with E-state index in [2.05, 4.69) is 22.3 Å². The molecule has 0 radical (unpaired) electrons. The lowest BCUT2D eigenvalue weighted by atomic mass is 9.84. The summed E-state index contributed by atoms with van der Waals surface area (Å²) in [5, 5.41) is 4.10. The second-order valence-corrected chi connectivity index (χ2v) is 13.6. The second kappa shape index (κ2) is 15.6. The molecule has 1 unspecified atom stereocenters. The number of piperidine rings is 1. The molecule has 3 aromatic rings. The van der Waals surface area contributed by atoms with Crippen molar-refractivity contribution in [2.24, 2.45) is 11.7 Å². The Kier molecular flexibility index (Phi) is 11.1. The number of carbonyl (C=O) groups excluding carboxylic acids is 2. The molecule has 250 valence electrons. The molecule has 9 heteroatoms. The van der Waals surface area contributed by atoms with E-state index in [1.165, 1.54) is 18.6 Å². The summed E-state index contributed by atoms with van der Waals surface area (Å²) in [7, 11) is 0. The Morgan fingerprint density at radius 2 is 1.72 bits per heavy atom. The molecule has 1 saturated carbocycles. The SMILES string of the molecule is NC(=O)c1ccc(OC[C@@H]2CCCO2)c(F)c1-c1cc(C(CNC2CCC(C(=O)N3CCCCC3)CC2)c2ccccc2)ccc1Cl. The highest BCUT2D eigenvalue weighted by molar-refractivity contribution is 6.33. The predicted octanol–water partition coefficient (Wildman–Crippen LogP) is 7.10. The van der Waals surface area contributed by atoms with Crippen LogP contribution < -0.4 is 15.8 Å². The number of ether oxygens (including phenoxy) is 2. The van der Waals surface area contributed by atoms with E-state index >= 15 is 4.39 Å². The van der Waals surface area contributed by atoms with Crippen LogP contribution in [0.3, 0.4) is 0 Å². The highest BCUT2D eigenvalue weighted by atomic mass is 35.5. The van der Waals surface area contributed by atoms with E-state index in [0.29, 0.717) is 35.7 Å². The first-order valence-electron chi connectivity index (χ1n) is 17.1. The molecule has 2 amide bonds. The first kappa shape index (κ1) is 33.4. The van der Waals surface area contributed by atoms with Crippen molar-refractivity contribution in [2.45, 2.75) is 75.9 Å². The van der Waals surface area contributed by atoms with E-state index < -0.39 is 11.7 Å². The van der Waals surface area contributed by atoms with Crippen LogP contribution in [0.15, 0.2) is 60.7 Å². The summed E-state index contributed by atoms with van der Waals surface area (Å²) in [6, 6.07) is 19.0. The van der Waals surface area contributed by atoms with Crippen LogP contribution in [0.2, 0.25) is 5.02 Å². The Morgan fingerprint density at radius 1 is 0.957 bits per heavy atom. The topological polar surface area (TPSA) is 93.9 Å². The molecule has 0 aromatic heterocycles. The molecule has 2 saturated heterocycles. The molecule has 3 aliphatic rings. The van der Waals surface area contributed by atoms with Crippen molar-refractivity contribution in [3.05, 3.63) is 88.2 Å². The van der Waals surface area contributed by atoms with Gasteiger partial charge in [0.15, 0.2) is 11.6 Å². The minimum Gasteiger partial charge on any atom is -0.488 e. The van der Waals surface area contributed by atoms with Gasteiger partial charge in [-0.1, -0.05) is 48.0 Å². The lowest BCUT2D eigenvalue weighted by Crippen LogP contribution is -2.43. The molecular formula is C38H45ClFN3O4. The van der Waals surface area contributed by atoms with Gasteiger partial charge >= 0.3 is 0 Å². The number of rotatable bonds is 11. The van der Waals surface area contributed by atoms with E-state index in [9.17, 15) is 9.59 Å². The summed E-state index contributed by atoms with van der Waals surface area (Å²) in [5.41, 5.74) is 8.23. The number of primary amides is 1. The fourth-order valence-electron chi connectivity index (χ4n) is 7.36. The van der Waals surface area contributed by atoms with Gasteiger partial charge < -0.3 is 25.4 Å². The van der Waals surface area contributed by atoms with Crippen LogP contribution in [0.4, 0.5) is 4.39 Å². The Bertz CT molecular complexity index is 1530. The highest BCUT2D eigenvalue weighted by Crippen LogP contribution is 2.39. The Labute approximate surface area is 281 Å². The summed E-state index contributed by atoms with van der Waals surface area (Å²) in [6.45, 7) is 3.33. The zero-order chi connectivity index (χ0) is 32.8. The average molecular weight is 662 g/mol. The third-order valence-corrected chi connectivity index (χ3v) is 10.4. The molecule has 2 heterocycles. The van der Waals surface area contributed by atoms with Crippen LogP contribution in [0, 0.1) is 11.7 Å². The Morgan fingerprint density at radius 3 is 2.43 bits per heavy atom. The second-order valence-electron chi connectivity index (χ2n) is 13.2. The number of halogens is 2. The van der Waals surface area contributed by atoms with Crippen molar-refractivity contribution in [3.63, 3.8) is 0 Å². The molecule has 3 aromatic carbocycles. The smallest absolute Gasteiger partial charge is 0.249 e. The van der Waals surface area contributed by atoms with E-state index in [1.807, 2.05) is 30.3 Å². The van der Waals surface area contributed by atoms with E-state index in [4.69, 9.17) is 26.8 Å². The summed E-state index contributed by atoms with van der Waals surface area (Å²) in [6.07, 6.45) is 8.84. The molecule has 3 fully saturated rings. The molecule has 3 N–H and O–H groups in total. The predicted molar refractivity (Wildman–Crippen MR) is 182 cm³/mol. The quantitative estimate of drug-likeness (QED) is 0.229. The van der Waals surface area contributed by atoms with E-state index in [0.717, 1.165) is 75.6 Å². The van der Waals surface area contributed by atoms with Gasteiger partial charge in [-0.05, 0) is 93.2 Å². The molecule has 7 nitrogen and oxygen atoms in total. The van der Waals surface area contributed by atoms with Crippen LogP contribution in [0.1, 0.15) is 85.2 Å². The van der Waals surface area contributed by atoms with E-state index in [-0.39, 0.29) is 41.4 Å². The first-order valence-corrected chi connectivity index (χ1v) is 17.5. The monoisotopic (exact) mass is 661 g/mol. The van der Waals surface area contributed by atoms with Crippen molar-refractivity contribution >= 4 is 23.4 Å². The Hall–Kier alpha value is -3.46. The fourth-order valence-corrected chi connectivity index (χ4v) is 7.57. The van der Waals surface area contributed by atoms with Gasteiger partial charge in [0, 0.05) is 60.3 Å². The maximum Gasteiger partial charge on any atom is 0.249 e. The third-order valence-electron chi connectivity index (χ3n) is 10.0. The molecule has 6 rings (SSSR count). The number of nitrogens with one attached hydrogen (secondary N) is 1. The summed E-state index contributed by atoms with van der Waals surface area (Å²) in [4.78, 5) is 27.7. The number of amides is 2. The largest absolute Gasteiger partial charge is 0.488 e. The number of hydrogen-bond acceptors (Lipinski definition) is 5. The average Bonchev–Trinajstić information content (AvgIpc) is 3.63. The summed E-state index contributed by atoms with van der Waals surface area (Å²) in [5.74, 6) is -1.01. The van der Waals surface area contributed by atoms with Gasteiger partial charge in [-0.2, -0.15) is 0 Å². The van der Waals surface area contributed by atoms with Crippen LogP contribution in [0.25, 0.3) is 11.1 Å². The van der Waals surface area contributed by atoms with Gasteiger partial charge in [-0.25, -0.2) is 4.39 Å². The Balaban J connectivity index is 1.22. The molecule has 47 heavy (non-hydrogen) atoms. The molecule has 0 spiro atoms. The molecule has 1 aliphatic carbocycles. The zero-order valence-electron chi connectivity index (χ0n) is 26.9. The lowest BCUT2D eigenvalue weighted by molar-refractivity contribution is -0.137. The molecular weight excluding hydrogens is 617 g/mol. The number of hydrogen-bond donors (Lipinski definition) is 2. The van der Waals surface area contributed by atoms with Gasteiger partial charge in [-0.3, -0.25) is 9.59 Å². The van der Waals surface area contributed by atoms with Crippen molar-refractivity contribution in [1.82, 2.24) is 10.2 Å². The molecule has 0 bridgehead atoms. The van der Waals surface area contributed by atoms with Gasteiger partial charge in [0.1, 0.15) is 6.61 Å². The summed E-state index contributed by atoms with van der Waals surface area (Å²) >= 11 is 6.73. The van der Waals surface area contributed by atoms with Crippen molar-refractivity contribution < 1.29 is 23.5 Å². The van der Waals surface area contributed by atoms with E-state index in [1.54, 1.807) is 6.07 Å². The maximum atomic E-state index is 16.2. The van der Waals surface area contributed by atoms with Crippen molar-refractivity contribution in [1.29, 1.82) is 0 Å². The number of nitrogens with zero attached hydrogens (tertiary/aromatic N) is 1. The minimum atomic E-state index is -0.748. The van der Waals surface area contributed by atoms with Gasteiger partial charge in [0.05, 0.1) is 11.7 Å². The first-order chi connectivity index (χ1) is 22.9. The zero-order valence-corrected chi connectivity index (χ0v) is 27.7. The van der Waals surface area contributed by atoms with Crippen LogP contribution in [0.5, 0.6) is 5.75 Å². The third kappa shape index (κ3) is 7.99. The number of carbonyl (C=O) groups is 2. The van der Waals surface area contributed by atoms with Gasteiger partial charge in [-0.15, -0.1) is 0 Å². The fraction of sp³-hybridized carbons (Fsp3) is 0.474. The minimum absolute atomic E-state index is 0.0256. The molecule has 2 aliphatic heterocycles. The maximum absolute atomic E-state index is 16.2. The van der Waals surface area contributed by atoms with Gasteiger partial charge in [0.25, 0.3) is 0 Å². The van der Waals surface area contributed by atoms with Crippen molar-refractivity contribution in [3.8, 4) is 16.9 Å². The number of benzene rings is 3. The lowest BCUT2D eigenvalue weighted by Gasteiger charge is -2.34. The van der Waals surface area contributed by atoms with Crippen LogP contribution >= 0.6 is 11.6 Å². The van der Waals surface area contributed by atoms with Crippen LogP contribution in [-0.4, -0.2) is 61.7 Å². The van der Waals surface area contributed by atoms with Crippen molar-refractivity contribution in [2.75, 3.05) is 32.8 Å². The van der Waals surface area contributed by atoms with Crippen LogP contribution in [-0.2, 0) is 9.53 Å².